The van der Waals surface area contributed by atoms with Crippen LogP contribution >= 0.6 is 0 Å². The molecule has 0 aliphatic rings. The van der Waals surface area contributed by atoms with Gasteiger partial charge in [0.05, 0.1) is 11.0 Å². The third kappa shape index (κ3) is 2.35. The third-order valence-corrected chi connectivity index (χ3v) is 5.33. The predicted molar refractivity (Wildman–Crippen MR) is 121 cm³/mol. The van der Waals surface area contributed by atoms with Gasteiger partial charge in [-0.05, 0) is 36.4 Å². The summed E-state index contributed by atoms with van der Waals surface area (Å²) in [6.07, 6.45) is 0. The van der Waals surface area contributed by atoms with E-state index in [0.29, 0.717) is 0 Å². The molecule has 6 rings (SSSR count). The fraction of sp³-hybridized carbons (Fsp3) is 0.0769. The molecule has 2 aromatic heterocycles. The molecule has 2 nitrogen and oxygen atoms in total. The Morgan fingerprint density at radius 2 is 1.07 bits per heavy atom. The molecule has 0 saturated carbocycles. The second-order valence-electron chi connectivity index (χ2n) is 6.77. The van der Waals surface area contributed by atoms with Crippen molar-refractivity contribution in [3.63, 3.8) is 0 Å². The van der Waals surface area contributed by atoms with E-state index in [0.717, 1.165) is 0 Å². The van der Waals surface area contributed by atoms with Gasteiger partial charge >= 0.3 is 0 Å². The van der Waals surface area contributed by atoms with Crippen molar-refractivity contribution >= 4 is 43.6 Å². The molecule has 0 atom stereocenters. The van der Waals surface area contributed by atoms with Crippen molar-refractivity contribution in [2.75, 3.05) is 0 Å². The third-order valence-electron chi connectivity index (χ3n) is 5.33. The first kappa shape index (κ1) is 16.6. The van der Waals surface area contributed by atoms with Crippen LogP contribution in [0, 0.1) is 0 Å². The Morgan fingerprint density at radius 3 is 1.75 bits per heavy atom. The quantitative estimate of drug-likeness (QED) is 0.314. The average molecular weight is 362 g/mol. The van der Waals surface area contributed by atoms with Gasteiger partial charge in [0.1, 0.15) is 0 Å². The summed E-state index contributed by atoms with van der Waals surface area (Å²) < 4.78 is 2.37. The van der Waals surface area contributed by atoms with E-state index in [1.165, 1.54) is 49.3 Å². The summed E-state index contributed by atoms with van der Waals surface area (Å²) in [5, 5.41) is 5.12. The van der Waals surface area contributed by atoms with Crippen molar-refractivity contribution in [1.82, 2.24) is 9.55 Å². The van der Waals surface area contributed by atoms with Crippen LogP contribution in [0.1, 0.15) is 13.8 Å². The molecule has 6 aromatic rings. The maximum Gasteiger partial charge on any atom is 0.0541 e. The number of rotatable bonds is 1. The van der Waals surface area contributed by atoms with E-state index in [2.05, 4.69) is 101 Å². The number of fused-ring (bicyclic) bond motifs is 6. The first-order valence-corrected chi connectivity index (χ1v) is 9.89. The van der Waals surface area contributed by atoms with Gasteiger partial charge in [0.25, 0.3) is 0 Å². The molecule has 136 valence electrons. The normalized spacial score (nSPS) is 11.2. The molecule has 0 spiro atoms. The van der Waals surface area contributed by atoms with E-state index in [1.807, 2.05) is 13.8 Å². The minimum absolute atomic E-state index is 1.18. The summed E-state index contributed by atoms with van der Waals surface area (Å²) in [7, 11) is 0. The van der Waals surface area contributed by atoms with Crippen molar-refractivity contribution in [2.24, 2.45) is 0 Å². The van der Waals surface area contributed by atoms with Crippen LogP contribution in [-0.2, 0) is 0 Å². The molecule has 0 saturated heterocycles. The molecular formula is C26H22N2. The second-order valence-corrected chi connectivity index (χ2v) is 6.77. The van der Waals surface area contributed by atoms with Crippen LogP contribution in [0.5, 0.6) is 0 Å². The zero-order chi connectivity index (χ0) is 19.1. The lowest BCUT2D eigenvalue weighted by Gasteiger charge is -2.08. The minimum atomic E-state index is 1.18. The highest BCUT2D eigenvalue weighted by Crippen LogP contribution is 2.34. The van der Waals surface area contributed by atoms with Gasteiger partial charge in [0.2, 0.25) is 0 Å². The molecule has 0 bridgehead atoms. The minimum Gasteiger partial charge on any atom is -0.355 e. The number of para-hydroxylation sites is 3. The molecule has 28 heavy (non-hydrogen) atoms. The summed E-state index contributed by atoms with van der Waals surface area (Å²) in [5.74, 6) is 0. The lowest BCUT2D eigenvalue weighted by Crippen LogP contribution is -1.93. The Labute approximate surface area is 164 Å². The van der Waals surface area contributed by atoms with E-state index in [9.17, 15) is 0 Å². The molecule has 4 aromatic carbocycles. The van der Waals surface area contributed by atoms with E-state index in [1.54, 1.807) is 0 Å². The van der Waals surface area contributed by atoms with Crippen molar-refractivity contribution in [3.8, 4) is 5.69 Å². The van der Waals surface area contributed by atoms with Gasteiger partial charge in [-0.2, -0.15) is 0 Å². The Kier molecular flexibility index (Phi) is 3.91. The number of aromatic nitrogens is 2. The molecular weight excluding hydrogens is 340 g/mol. The number of aromatic amines is 1. The van der Waals surface area contributed by atoms with E-state index < -0.39 is 0 Å². The predicted octanol–water partition coefficient (Wildman–Crippen LogP) is 7.44. The molecule has 0 amide bonds. The van der Waals surface area contributed by atoms with E-state index >= 15 is 0 Å². The number of hydrogen-bond acceptors (Lipinski definition) is 0. The average Bonchev–Trinajstić information content (AvgIpc) is 3.30. The molecule has 2 heterocycles. The standard InChI is InChI=1S/C24H16N2.C2H6/c1-4-10-21-17(7-1)20-15-16(13-14-22(20)25-21)26-23-11-5-2-8-18(23)19-9-3-6-12-24(19)26;1-2/h1-15,25H;1-2H3. The maximum atomic E-state index is 3.52. The SMILES string of the molecule is CC.c1ccc2c(c1)[nH]c1ccc(-n3c4ccccc4c4ccccc43)cc12. The summed E-state index contributed by atoms with van der Waals surface area (Å²) >= 11 is 0. The topological polar surface area (TPSA) is 20.7 Å². The second kappa shape index (κ2) is 6.58. The molecule has 0 unspecified atom stereocenters. The molecule has 0 fully saturated rings. The highest BCUT2D eigenvalue weighted by molar-refractivity contribution is 6.11. The number of nitrogens with one attached hydrogen (secondary N) is 1. The van der Waals surface area contributed by atoms with Gasteiger partial charge in [-0.3, -0.25) is 0 Å². The highest BCUT2D eigenvalue weighted by atomic mass is 15.0. The van der Waals surface area contributed by atoms with Gasteiger partial charge in [-0.15, -0.1) is 0 Å². The Hall–Kier alpha value is -3.52. The number of H-pyrrole nitrogens is 1. The fourth-order valence-electron chi connectivity index (χ4n) is 4.18. The van der Waals surface area contributed by atoms with Gasteiger partial charge < -0.3 is 9.55 Å². The van der Waals surface area contributed by atoms with Crippen LogP contribution in [-0.4, -0.2) is 9.55 Å². The van der Waals surface area contributed by atoms with Crippen molar-refractivity contribution in [3.05, 3.63) is 91.0 Å². The van der Waals surface area contributed by atoms with Crippen LogP contribution in [0.4, 0.5) is 0 Å². The Bertz CT molecular complexity index is 1380. The van der Waals surface area contributed by atoms with Crippen LogP contribution in [0.2, 0.25) is 0 Å². The smallest absolute Gasteiger partial charge is 0.0541 e. The lowest BCUT2D eigenvalue weighted by molar-refractivity contribution is 1.19. The maximum absolute atomic E-state index is 3.52. The monoisotopic (exact) mass is 362 g/mol. The van der Waals surface area contributed by atoms with E-state index in [4.69, 9.17) is 0 Å². The first-order chi connectivity index (χ1) is 13.9. The van der Waals surface area contributed by atoms with Crippen molar-refractivity contribution < 1.29 is 0 Å². The summed E-state index contributed by atoms with van der Waals surface area (Å²) in [5.41, 5.74) is 6.04. The number of nitrogens with zero attached hydrogens (tertiary/aromatic N) is 1. The van der Waals surface area contributed by atoms with Crippen LogP contribution < -0.4 is 0 Å². The van der Waals surface area contributed by atoms with Gasteiger partial charge in [0, 0.05) is 38.3 Å². The van der Waals surface area contributed by atoms with Gasteiger partial charge in [-0.1, -0.05) is 68.4 Å². The van der Waals surface area contributed by atoms with E-state index in [-0.39, 0.29) is 0 Å². The molecule has 1 N–H and O–H groups in total. The zero-order valence-electron chi connectivity index (χ0n) is 16.1. The van der Waals surface area contributed by atoms with Crippen LogP contribution in [0.25, 0.3) is 49.3 Å². The Morgan fingerprint density at radius 1 is 0.536 bits per heavy atom. The van der Waals surface area contributed by atoms with Gasteiger partial charge in [0.15, 0.2) is 0 Å². The molecule has 0 aliphatic heterocycles. The summed E-state index contributed by atoms with van der Waals surface area (Å²) in [6, 6.07) is 32.5. The molecule has 2 heteroatoms. The van der Waals surface area contributed by atoms with Crippen molar-refractivity contribution in [2.45, 2.75) is 13.8 Å². The van der Waals surface area contributed by atoms with Crippen LogP contribution in [0.15, 0.2) is 91.0 Å². The number of hydrogen-bond donors (Lipinski definition) is 1. The number of benzene rings is 4. The highest BCUT2D eigenvalue weighted by Gasteiger charge is 2.12. The zero-order valence-corrected chi connectivity index (χ0v) is 16.1. The van der Waals surface area contributed by atoms with Gasteiger partial charge in [-0.25, -0.2) is 0 Å². The summed E-state index contributed by atoms with van der Waals surface area (Å²) in [6.45, 7) is 4.00. The molecule has 0 radical (unpaired) electrons. The fourth-order valence-corrected chi connectivity index (χ4v) is 4.18. The van der Waals surface area contributed by atoms with Crippen molar-refractivity contribution in [1.29, 1.82) is 0 Å². The largest absolute Gasteiger partial charge is 0.355 e. The Balaban J connectivity index is 0.000000829. The first-order valence-electron chi connectivity index (χ1n) is 9.89. The summed E-state index contributed by atoms with van der Waals surface area (Å²) in [4.78, 5) is 3.52. The molecule has 0 aliphatic carbocycles. The van der Waals surface area contributed by atoms with Crippen LogP contribution in [0.3, 0.4) is 0 Å². The lowest BCUT2D eigenvalue weighted by atomic mass is 10.1.